The molecule has 0 radical (unpaired) electrons. The van der Waals surface area contributed by atoms with E-state index in [1.807, 2.05) is 36.4 Å². The summed E-state index contributed by atoms with van der Waals surface area (Å²) in [5, 5.41) is 6.07. The van der Waals surface area contributed by atoms with Crippen LogP contribution in [-0.4, -0.2) is 26.1 Å². The van der Waals surface area contributed by atoms with Crippen molar-refractivity contribution in [3.63, 3.8) is 0 Å². The number of methoxy groups -OCH3 is 1. The van der Waals surface area contributed by atoms with Crippen molar-refractivity contribution in [1.29, 1.82) is 0 Å². The molecule has 2 aromatic carbocycles. The fraction of sp³-hybridized carbons (Fsp3) is 0.350. The van der Waals surface area contributed by atoms with Crippen molar-refractivity contribution in [1.82, 2.24) is 5.32 Å². The van der Waals surface area contributed by atoms with E-state index in [1.165, 1.54) is 11.1 Å². The van der Waals surface area contributed by atoms with Gasteiger partial charge in [-0.3, -0.25) is 4.79 Å². The Kier molecular flexibility index (Phi) is 6.67. The Bertz CT molecular complexity index is 634. The summed E-state index contributed by atoms with van der Waals surface area (Å²) in [5.41, 5.74) is 3.43. The highest BCUT2D eigenvalue weighted by Gasteiger charge is 2.03. The van der Waals surface area contributed by atoms with Gasteiger partial charge >= 0.3 is 0 Å². The summed E-state index contributed by atoms with van der Waals surface area (Å²) in [4.78, 5) is 11.9. The molecule has 0 saturated heterocycles. The molecular weight excluding hydrogens is 300 g/mol. The number of rotatable bonds is 8. The van der Waals surface area contributed by atoms with E-state index in [2.05, 4.69) is 36.6 Å². The van der Waals surface area contributed by atoms with Crippen LogP contribution in [0.4, 0.5) is 5.69 Å². The Morgan fingerprint density at radius 3 is 2.29 bits per heavy atom. The average Bonchev–Trinajstić information content (AvgIpc) is 2.61. The van der Waals surface area contributed by atoms with Crippen LogP contribution in [0, 0.1) is 0 Å². The summed E-state index contributed by atoms with van der Waals surface area (Å²) in [7, 11) is 1.65. The van der Waals surface area contributed by atoms with Gasteiger partial charge in [-0.25, -0.2) is 0 Å². The fourth-order valence-corrected chi connectivity index (χ4v) is 2.37. The highest BCUT2D eigenvalue weighted by molar-refractivity contribution is 5.80. The Morgan fingerprint density at radius 1 is 1.04 bits per heavy atom. The van der Waals surface area contributed by atoms with Crippen molar-refractivity contribution in [3.8, 4) is 5.75 Å². The summed E-state index contributed by atoms with van der Waals surface area (Å²) in [6.45, 7) is 5.24. The minimum Gasteiger partial charge on any atom is -0.497 e. The lowest BCUT2D eigenvalue weighted by atomic mass is 10.0. The lowest BCUT2D eigenvalue weighted by Gasteiger charge is -2.10. The number of benzene rings is 2. The molecule has 4 heteroatoms. The second-order valence-electron chi connectivity index (χ2n) is 6.08. The van der Waals surface area contributed by atoms with Crippen molar-refractivity contribution in [2.24, 2.45) is 0 Å². The molecule has 2 N–H and O–H groups in total. The maximum atomic E-state index is 11.9. The first-order valence-electron chi connectivity index (χ1n) is 8.32. The van der Waals surface area contributed by atoms with E-state index < -0.39 is 0 Å². The summed E-state index contributed by atoms with van der Waals surface area (Å²) in [6.07, 6.45) is 0.804. The van der Waals surface area contributed by atoms with Gasteiger partial charge in [0, 0.05) is 12.2 Å². The van der Waals surface area contributed by atoms with Crippen LogP contribution in [0.15, 0.2) is 48.5 Å². The third-order valence-electron chi connectivity index (χ3n) is 3.93. The second-order valence-corrected chi connectivity index (χ2v) is 6.08. The van der Waals surface area contributed by atoms with Crippen LogP contribution in [0.3, 0.4) is 0 Å². The highest BCUT2D eigenvalue weighted by Crippen LogP contribution is 2.16. The summed E-state index contributed by atoms with van der Waals surface area (Å²) >= 11 is 0. The molecule has 0 fully saturated rings. The molecule has 0 bridgehead atoms. The molecule has 0 spiro atoms. The van der Waals surface area contributed by atoms with Crippen LogP contribution in [0.5, 0.6) is 5.75 Å². The minimum atomic E-state index is -0.00329. The third kappa shape index (κ3) is 5.61. The van der Waals surface area contributed by atoms with Gasteiger partial charge in [-0.15, -0.1) is 0 Å². The number of nitrogens with one attached hydrogen (secondary N) is 2. The molecule has 4 nitrogen and oxygen atoms in total. The van der Waals surface area contributed by atoms with E-state index >= 15 is 0 Å². The predicted octanol–water partition coefficient (Wildman–Crippen LogP) is 3.59. The van der Waals surface area contributed by atoms with Gasteiger partial charge in [0.05, 0.1) is 13.7 Å². The van der Waals surface area contributed by atoms with E-state index in [1.54, 1.807) is 7.11 Å². The molecular formula is C20H26N2O2. The van der Waals surface area contributed by atoms with Crippen LogP contribution in [-0.2, 0) is 11.2 Å². The number of hydrogen-bond acceptors (Lipinski definition) is 3. The SMILES string of the molecule is COc1ccc(CCNC(=O)CNc2ccc(C(C)C)cc2)cc1. The van der Waals surface area contributed by atoms with Gasteiger partial charge in [-0.05, 0) is 47.7 Å². The van der Waals surface area contributed by atoms with Gasteiger partial charge in [-0.2, -0.15) is 0 Å². The number of carbonyl (C=O) groups is 1. The Morgan fingerprint density at radius 2 is 1.71 bits per heavy atom. The summed E-state index contributed by atoms with van der Waals surface area (Å²) in [6, 6.07) is 16.1. The maximum absolute atomic E-state index is 11.9. The molecule has 1 amide bonds. The molecule has 0 aliphatic heterocycles. The first-order valence-corrected chi connectivity index (χ1v) is 8.32. The van der Waals surface area contributed by atoms with Crippen LogP contribution >= 0.6 is 0 Å². The zero-order valence-corrected chi connectivity index (χ0v) is 14.6. The number of ether oxygens (including phenoxy) is 1. The smallest absolute Gasteiger partial charge is 0.239 e. The van der Waals surface area contributed by atoms with Crippen molar-refractivity contribution >= 4 is 11.6 Å². The number of hydrogen-bond donors (Lipinski definition) is 2. The van der Waals surface area contributed by atoms with E-state index in [9.17, 15) is 4.79 Å². The molecule has 0 aromatic heterocycles. The largest absolute Gasteiger partial charge is 0.497 e. The molecule has 0 saturated carbocycles. The molecule has 0 atom stereocenters. The van der Waals surface area contributed by atoms with Gasteiger partial charge in [0.15, 0.2) is 0 Å². The number of carbonyl (C=O) groups excluding carboxylic acids is 1. The van der Waals surface area contributed by atoms with Crippen molar-refractivity contribution in [3.05, 3.63) is 59.7 Å². The van der Waals surface area contributed by atoms with Gasteiger partial charge in [0.25, 0.3) is 0 Å². The maximum Gasteiger partial charge on any atom is 0.239 e. The summed E-state index contributed by atoms with van der Waals surface area (Å²) < 4.78 is 5.13. The Balaban J connectivity index is 1.69. The predicted molar refractivity (Wildman–Crippen MR) is 98.7 cm³/mol. The first kappa shape index (κ1) is 17.9. The quantitative estimate of drug-likeness (QED) is 0.779. The van der Waals surface area contributed by atoms with Crippen molar-refractivity contribution in [2.45, 2.75) is 26.2 Å². The van der Waals surface area contributed by atoms with Crippen molar-refractivity contribution < 1.29 is 9.53 Å². The summed E-state index contributed by atoms with van der Waals surface area (Å²) in [5.74, 6) is 1.35. The average molecular weight is 326 g/mol. The van der Waals surface area contributed by atoms with Crippen LogP contribution in [0.25, 0.3) is 0 Å². The van der Waals surface area contributed by atoms with E-state index in [-0.39, 0.29) is 12.5 Å². The standard InChI is InChI=1S/C20H26N2O2/c1-15(2)17-6-8-18(9-7-17)22-14-20(23)21-13-12-16-4-10-19(24-3)11-5-16/h4-11,15,22H,12-14H2,1-3H3,(H,21,23). The molecule has 128 valence electrons. The van der Waals surface area contributed by atoms with E-state index in [0.29, 0.717) is 12.5 Å². The fourth-order valence-electron chi connectivity index (χ4n) is 2.37. The van der Waals surface area contributed by atoms with Gasteiger partial charge in [-0.1, -0.05) is 38.1 Å². The lowest BCUT2D eigenvalue weighted by Crippen LogP contribution is -2.31. The van der Waals surface area contributed by atoms with E-state index in [4.69, 9.17) is 4.74 Å². The molecule has 0 aliphatic rings. The molecule has 2 aromatic rings. The topological polar surface area (TPSA) is 50.4 Å². The van der Waals surface area contributed by atoms with E-state index in [0.717, 1.165) is 17.9 Å². The molecule has 2 rings (SSSR count). The molecule has 0 aliphatic carbocycles. The normalized spacial score (nSPS) is 10.5. The van der Waals surface area contributed by atoms with Crippen LogP contribution in [0.1, 0.15) is 30.9 Å². The van der Waals surface area contributed by atoms with Gasteiger partial charge in [0.2, 0.25) is 5.91 Å². The Labute approximate surface area is 144 Å². The number of anilines is 1. The minimum absolute atomic E-state index is 0.00329. The molecule has 24 heavy (non-hydrogen) atoms. The van der Waals surface area contributed by atoms with Gasteiger partial charge in [0.1, 0.15) is 5.75 Å². The lowest BCUT2D eigenvalue weighted by molar-refractivity contribution is -0.119. The van der Waals surface area contributed by atoms with Crippen molar-refractivity contribution in [2.75, 3.05) is 25.5 Å². The first-order chi connectivity index (χ1) is 11.6. The second kappa shape index (κ2) is 8.96. The molecule has 0 unspecified atom stereocenters. The molecule has 0 heterocycles. The zero-order chi connectivity index (χ0) is 17.4. The van der Waals surface area contributed by atoms with Gasteiger partial charge < -0.3 is 15.4 Å². The monoisotopic (exact) mass is 326 g/mol. The van der Waals surface area contributed by atoms with Crippen LogP contribution in [0.2, 0.25) is 0 Å². The Hall–Kier alpha value is -2.49. The van der Waals surface area contributed by atoms with Crippen LogP contribution < -0.4 is 15.4 Å². The highest BCUT2D eigenvalue weighted by atomic mass is 16.5. The zero-order valence-electron chi connectivity index (χ0n) is 14.6. The number of amides is 1. The third-order valence-corrected chi connectivity index (χ3v) is 3.93.